The molecule has 22 heavy (non-hydrogen) atoms. The highest BCUT2D eigenvalue weighted by Crippen LogP contribution is 2.19. The van der Waals surface area contributed by atoms with E-state index in [1.807, 2.05) is 30.3 Å². The van der Waals surface area contributed by atoms with Gasteiger partial charge in [0.15, 0.2) is 0 Å². The lowest BCUT2D eigenvalue weighted by atomic mass is 10.1. The van der Waals surface area contributed by atoms with E-state index in [-0.39, 0.29) is 0 Å². The summed E-state index contributed by atoms with van der Waals surface area (Å²) in [7, 11) is 0. The number of aryl methyl sites for hydroxylation is 1. The molecule has 118 valence electrons. The minimum atomic E-state index is 0.534. The number of rotatable bonds is 8. The Morgan fingerprint density at radius 2 is 1.91 bits per heavy atom. The van der Waals surface area contributed by atoms with Crippen molar-refractivity contribution >= 4 is 17.3 Å². The Morgan fingerprint density at radius 3 is 2.68 bits per heavy atom. The van der Waals surface area contributed by atoms with Crippen molar-refractivity contribution in [2.45, 2.75) is 26.7 Å². The number of halogens is 1. The summed E-state index contributed by atoms with van der Waals surface area (Å²) >= 11 is 6.16. The molecule has 0 bridgehead atoms. The van der Waals surface area contributed by atoms with E-state index in [0.29, 0.717) is 5.92 Å². The van der Waals surface area contributed by atoms with Gasteiger partial charge in [-0.1, -0.05) is 49.7 Å². The van der Waals surface area contributed by atoms with Gasteiger partial charge >= 0.3 is 0 Å². The molecule has 0 atom stereocenters. The highest BCUT2D eigenvalue weighted by atomic mass is 35.5. The summed E-state index contributed by atoms with van der Waals surface area (Å²) < 4.78 is 5.74. The third-order valence-corrected chi connectivity index (χ3v) is 3.70. The molecular formula is C19H24ClNO. The van der Waals surface area contributed by atoms with Crippen LogP contribution in [0.15, 0.2) is 48.5 Å². The van der Waals surface area contributed by atoms with Crippen LogP contribution >= 0.6 is 11.6 Å². The second kappa shape index (κ2) is 8.70. The van der Waals surface area contributed by atoms with E-state index in [4.69, 9.17) is 16.3 Å². The molecule has 2 rings (SSSR count). The van der Waals surface area contributed by atoms with Crippen molar-refractivity contribution in [3.63, 3.8) is 0 Å². The van der Waals surface area contributed by atoms with Gasteiger partial charge in [-0.25, -0.2) is 0 Å². The van der Waals surface area contributed by atoms with Gasteiger partial charge in [0, 0.05) is 23.3 Å². The molecule has 0 fully saturated rings. The van der Waals surface area contributed by atoms with Gasteiger partial charge in [-0.3, -0.25) is 0 Å². The quantitative estimate of drug-likeness (QED) is 0.656. The summed E-state index contributed by atoms with van der Waals surface area (Å²) in [6, 6.07) is 16.2. The summed E-state index contributed by atoms with van der Waals surface area (Å²) in [4.78, 5) is 0. The Bertz CT molecular complexity index is 583. The third kappa shape index (κ3) is 5.61. The van der Waals surface area contributed by atoms with Gasteiger partial charge in [-0.15, -0.1) is 0 Å². The fourth-order valence-electron chi connectivity index (χ4n) is 2.17. The van der Waals surface area contributed by atoms with Crippen LogP contribution in [-0.2, 0) is 6.42 Å². The molecule has 0 radical (unpaired) electrons. The van der Waals surface area contributed by atoms with Gasteiger partial charge in [0.05, 0.1) is 6.61 Å². The second-order valence-corrected chi connectivity index (χ2v) is 6.26. The first kappa shape index (κ1) is 16.7. The van der Waals surface area contributed by atoms with Crippen molar-refractivity contribution in [2.24, 2.45) is 5.92 Å². The Morgan fingerprint density at radius 1 is 1.09 bits per heavy atom. The zero-order valence-electron chi connectivity index (χ0n) is 13.3. The van der Waals surface area contributed by atoms with Crippen molar-refractivity contribution in [3.05, 3.63) is 59.1 Å². The molecule has 0 aliphatic rings. The molecule has 0 saturated carbocycles. The van der Waals surface area contributed by atoms with E-state index in [2.05, 4.69) is 37.4 Å². The zero-order valence-corrected chi connectivity index (χ0v) is 14.1. The minimum absolute atomic E-state index is 0.534. The Kier molecular flexibility index (Phi) is 6.60. The van der Waals surface area contributed by atoms with Crippen LogP contribution in [0.4, 0.5) is 5.69 Å². The van der Waals surface area contributed by atoms with Gasteiger partial charge in [0.25, 0.3) is 0 Å². The second-order valence-electron chi connectivity index (χ2n) is 5.85. The van der Waals surface area contributed by atoms with E-state index in [9.17, 15) is 0 Å². The molecule has 0 saturated heterocycles. The van der Waals surface area contributed by atoms with E-state index >= 15 is 0 Å². The molecule has 1 N–H and O–H groups in total. The smallest absolute Gasteiger partial charge is 0.121 e. The first-order valence-corrected chi connectivity index (χ1v) is 8.23. The molecule has 2 nitrogen and oxygen atoms in total. The first-order chi connectivity index (χ1) is 10.6. The highest BCUT2D eigenvalue weighted by molar-refractivity contribution is 6.31. The molecule has 0 unspecified atom stereocenters. The molecule has 2 aromatic rings. The standard InChI is InChI=1S/C19H24ClNO/c1-15(2)14-22-18-10-5-9-17(13-18)21-12-6-8-16-7-3-4-11-19(16)20/h3-5,7,9-11,13,15,21H,6,8,12,14H2,1-2H3. The molecule has 0 aliphatic carbocycles. The Balaban J connectivity index is 1.77. The number of hydrogen-bond acceptors (Lipinski definition) is 2. The monoisotopic (exact) mass is 317 g/mol. The topological polar surface area (TPSA) is 21.3 Å². The number of benzene rings is 2. The number of hydrogen-bond donors (Lipinski definition) is 1. The van der Waals surface area contributed by atoms with E-state index < -0.39 is 0 Å². The lowest BCUT2D eigenvalue weighted by Crippen LogP contribution is -2.06. The van der Waals surface area contributed by atoms with Crippen molar-refractivity contribution in [3.8, 4) is 5.75 Å². The molecule has 0 spiro atoms. The largest absolute Gasteiger partial charge is 0.493 e. The lowest BCUT2D eigenvalue weighted by Gasteiger charge is -2.11. The molecule has 2 aromatic carbocycles. The fraction of sp³-hybridized carbons (Fsp3) is 0.368. The maximum atomic E-state index is 6.16. The Labute approximate surface area is 138 Å². The molecule has 3 heteroatoms. The fourth-order valence-corrected chi connectivity index (χ4v) is 2.40. The van der Waals surface area contributed by atoms with Gasteiger partial charge in [0.1, 0.15) is 5.75 Å². The maximum Gasteiger partial charge on any atom is 0.121 e. The van der Waals surface area contributed by atoms with Crippen molar-refractivity contribution in [1.82, 2.24) is 0 Å². The number of nitrogens with one attached hydrogen (secondary N) is 1. The Hall–Kier alpha value is -1.67. The van der Waals surface area contributed by atoms with Gasteiger partial charge < -0.3 is 10.1 Å². The van der Waals surface area contributed by atoms with Gasteiger partial charge in [-0.2, -0.15) is 0 Å². The van der Waals surface area contributed by atoms with Crippen LogP contribution in [0.5, 0.6) is 5.75 Å². The summed E-state index contributed by atoms with van der Waals surface area (Å²) in [5.41, 5.74) is 2.31. The first-order valence-electron chi connectivity index (χ1n) is 7.85. The van der Waals surface area contributed by atoms with Crippen molar-refractivity contribution in [2.75, 3.05) is 18.5 Å². The lowest BCUT2D eigenvalue weighted by molar-refractivity contribution is 0.271. The average molecular weight is 318 g/mol. The van der Waals surface area contributed by atoms with Gasteiger partial charge in [-0.05, 0) is 42.5 Å². The van der Waals surface area contributed by atoms with Crippen molar-refractivity contribution in [1.29, 1.82) is 0 Å². The van der Waals surface area contributed by atoms with Crippen LogP contribution in [0, 0.1) is 5.92 Å². The van der Waals surface area contributed by atoms with Gasteiger partial charge in [0.2, 0.25) is 0 Å². The predicted octanol–water partition coefficient (Wildman–Crippen LogP) is 5.42. The zero-order chi connectivity index (χ0) is 15.8. The minimum Gasteiger partial charge on any atom is -0.493 e. The SMILES string of the molecule is CC(C)COc1cccc(NCCCc2ccccc2Cl)c1. The van der Waals surface area contributed by atoms with Crippen molar-refractivity contribution < 1.29 is 4.74 Å². The molecule has 0 aromatic heterocycles. The molecular weight excluding hydrogens is 294 g/mol. The molecule has 0 amide bonds. The van der Waals surface area contributed by atoms with E-state index in [1.54, 1.807) is 0 Å². The summed E-state index contributed by atoms with van der Waals surface area (Å²) in [5, 5.41) is 4.29. The average Bonchev–Trinajstić information content (AvgIpc) is 2.51. The summed E-state index contributed by atoms with van der Waals surface area (Å²) in [6.07, 6.45) is 2.02. The van der Waals surface area contributed by atoms with Crippen LogP contribution in [-0.4, -0.2) is 13.2 Å². The number of anilines is 1. The van der Waals surface area contributed by atoms with Crippen LogP contribution in [0.2, 0.25) is 5.02 Å². The van der Waals surface area contributed by atoms with E-state index in [0.717, 1.165) is 42.5 Å². The summed E-state index contributed by atoms with van der Waals surface area (Å²) in [5.74, 6) is 1.46. The normalized spacial score (nSPS) is 10.7. The van der Waals surface area contributed by atoms with E-state index in [1.165, 1.54) is 5.56 Å². The summed E-state index contributed by atoms with van der Waals surface area (Å²) in [6.45, 7) is 5.96. The third-order valence-electron chi connectivity index (χ3n) is 3.33. The van der Waals surface area contributed by atoms with Crippen LogP contribution in [0.3, 0.4) is 0 Å². The van der Waals surface area contributed by atoms with Crippen LogP contribution in [0.1, 0.15) is 25.8 Å². The molecule has 0 heterocycles. The number of ether oxygens (including phenoxy) is 1. The molecule has 0 aliphatic heterocycles. The highest BCUT2D eigenvalue weighted by Gasteiger charge is 2.01. The van der Waals surface area contributed by atoms with Crippen LogP contribution < -0.4 is 10.1 Å². The van der Waals surface area contributed by atoms with Crippen LogP contribution in [0.25, 0.3) is 0 Å². The predicted molar refractivity (Wildman–Crippen MR) is 95.0 cm³/mol. The maximum absolute atomic E-state index is 6.16.